The first-order chi connectivity index (χ1) is 8.76. The van der Waals surface area contributed by atoms with Gasteiger partial charge in [0.25, 0.3) is 0 Å². The molecule has 0 aliphatic rings. The third-order valence-electron chi connectivity index (χ3n) is 2.38. The molecule has 0 atom stereocenters. The van der Waals surface area contributed by atoms with E-state index in [4.69, 9.17) is 0 Å². The highest BCUT2D eigenvalue weighted by Crippen LogP contribution is 2.20. The van der Waals surface area contributed by atoms with Crippen molar-refractivity contribution in [2.24, 2.45) is 0 Å². The molecule has 0 saturated heterocycles. The third-order valence-corrected chi connectivity index (χ3v) is 4.15. The standard InChI is InChI=1S/C14H20N2S2/c1-5-11-12(6-2)16-14(10-18-8-4)13(15-11)9-17-7-3/h5-6H,1-2,7-10H2,3-4H3. The fraction of sp³-hybridized carbons (Fsp3) is 0.429. The van der Waals surface area contributed by atoms with Gasteiger partial charge in [-0.15, -0.1) is 0 Å². The normalized spacial score (nSPS) is 10.3. The predicted octanol–water partition coefficient (Wildman–Crippen LogP) is 4.27. The van der Waals surface area contributed by atoms with Crippen LogP contribution in [0.5, 0.6) is 0 Å². The molecule has 0 bridgehead atoms. The molecule has 0 aliphatic heterocycles. The highest BCUT2D eigenvalue weighted by atomic mass is 32.2. The van der Waals surface area contributed by atoms with E-state index in [1.165, 1.54) is 0 Å². The van der Waals surface area contributed by atoms with Gasteiger partial charge in [-0.25, -0.2) is 9.97 Å². The summed E-state index contributed by atoms with van der Waals surface area (Å²) in [5.74, 6) is 4.02. The average Bonchev–Trinajstić information content (AvgIpc) is 2.42. The summed E-state index contributed by atoms with van der Waals surface area (Å²) >= 11 is 3.74. The first-order valence-electron chi connectivity index (χ1n) is 6.06. The van der Waals surface area contributed by atoms with Gasteiger partial charge >= 0.3 is 0 Å². The second-order valence-electron chi connectivity index (χ2n) is 3.57. The first kappa shape index (κ1) is 15.3. The largest absolute Gasteiger partial charge is 0.248 e. The van der Waals surface area contributed by atoms with Crippen LogP contribution in [0.4, 0.5) is 0 Å². The molecule has 1 aromatic heterocycles. The first-order valence-corrected chi connectivity index (χ1v) is 8.37. The van der Waals surface area contributed by atoms with Crippen LogP contribution >= 0.6 is 23.5 Å². The molecule has 0 unspecified atom stereocenters. The Labute approximate surface area is 118 Å². The van der Waals surface area contributed by atoms with Crippen LogP contribution in [0.25, 0.3) is 12.2 Å². The molecule has 0 fully saturated rings. The van der Waals surface area contributed by atoms with Crippen molar-refractivity contribution in [2.45, 2.75) is 25.4 Å². The summed E-state index contributed by atoms with van der Waals surface area (Å²) in [6.45, 7) is 11.9. The Bertz CT molecular complexity index is 378. The molecule has 0 aliphatic carbocycles. The summed E-state index contributed by atoms with van der Waals surface area (Å²) in [6, 6.07) is 0. The summed E-state index contributed by atoms with van der Waals surface area (Å²) in [7, 11) is 0. The van der Waals surface area contributed by atoms with Crippen molar-refractivity contribution in [3.8, 4) is 0 Å². The second-order valence-corrected chi connectivity index (χ2v) is 6.12. The van der Waals surface area contributed by atoms with E-state index >= 15 is 0 Å². The van der Waals surface area contributed by atoms with Crippen molar-refractivity contribution >= 4 is 35.7 Å². The zero-order valence-corrected chi connectivity index (χ0v) is 12.7. The van der Waals surface area contributed by atoms with Gasteiger partial charge in [0.1, 0.15) is 0 Å². The Hall–Kier alpha value is -0.740. The summed E-state index contributed by atoms with van der Waals surface area (Å²) in [5, 5.41) is 0. The van der Waals surface area contributed by atoms with Crippen LogP contribution in [0.15, 0.2) is 13.2 Å². The van der Waals surface area contributed by atoms with Crippen molar-refractivity contribution in [1.82, 2.24) is 9.97 Å². The molecule has 0 amide bonds. The van der Waals surface area contributed by atoms with Gasteiger partial charge in [0.2, 0.25) is 0 Å². The monoisotopic (exact) mass is 280 g/mol. The Kier molecular flexibility index (Phi) is 7.13. The average molecular weight is 280 g/mol. The van der Waals surface area contributed by atoms with Gasteiger partial charge in [-0.3, -0.25) is 0 Å². The fourth-order valence-electron chi connectivity index (χ4n) is 1.46. The Morgan fingerprint density at radius 2 is 1.28 bits per heavy atom. The number of thioether (sulfide) groups is 2. The smallest absolute Gasteiger partial charge is 0.0884 e. The van der Waals surface area contributed by atoms with E-state index in [9.17, 15) is 0 Å². The molecule has 0 saturated carbocycles. The lowest BCUT2D eigenvalue weighted by atomic mass is 10.2. The lowest BCUT2D eigenvalue weighted by Crippen LogP contribution is -2.04. The van der Waals surface area contributed by atoms with Crippen LogP contribution in [-0.4, -0.2) is 21.5 Å². The number of rotatable bonds is 8. The third kappa shape index (κ3) is 4.18. The highest BCUT2D eigenvalue weighted by molar-refractivity contribution is 7.98. The number of hydrogen-bond donors (Lipinski definition) is 0. The lowest BCUT2D eigenvalue weighted by molar-refractivity contribution is 1.00. The molecule has 2 nitrogen and oxygen atoms in total. The topological polar surface area (TPSA) is 25.8 Å². The SMILES string of the molecule is C=Cc1nc(CSCC)c(CSCC)nc1C=C. The van der Waals surface area contributed by atoms with E-state index < -0.39 is 0 Å². The van der Waals surface area contributed by atoms with Crippen LogP contribution in [0.3, 0.4) is 0 Å². The Morgan fingerprint density at radius 1 is 0.889 bits per heavy atom. The predicted molar refractivity (Wildman–Crippen MR) is 85.9 cm³/mol. The molecule has 1 rings (SSSR count). The van der Waals surface area contributed by atoms with Crippen LogP contribution in [0, 0.1) is 0 Å². The van der Waals surface area contributed by atoms with Crippen molar-refractivity contribution in [2.75, 3.05) is 11.5 Å². The van der Waals surface area contributed by atoms with Crippen molar-refractivity contribution in [1.29, 1.82) is 0 Å². The summed E-state index contributed by atoms with van der Waals surface area (Å²) in [5.41, 5.74) is 3.84. The maximum absolute atomic E-state index is 4.67. The molecular weight excluding hydrogens is 260 g/mol. The van der Waals surface area contributed by atoms with Gasteiger partial charge in [-0.05, 0) is 23.7 Å². The van der Waals surface area contributed by atoms with Gasteiger partial charge in [0.05, 0.1) is 22.8 Å². The van der Waals surface area contributed by atoms with Gasteiger partial charge in [-0.1, -0.05) is 27.0 Å². The molecule has 0 N–H and O–H groups in total. The molecule has 0 spiro atoms. The second kappa shape index (κ2) is 8.38. The van der Waals surface area contributed by atoms with Crippen LogP contribution in [-0.2, 0) is 11.5 Å². The molecule has 0 radical (unpaired) electrons. The Balaban J connectivity index is 3.08. The Morgan fingerprint density at radius 3 is 1.56 bits per heavy atom. The van der Waals surface area contributed by atoms with E-state index in [-0.39, 0.29) is 0 Å². The molecule has 0 aromatic carbocycles. The van der Waals surface area contributed by atoms with E-state index in [1.54, 1.807) is 12.2 Å². The molecule has 4 heteroatoms. The highest BCUT2D eigenvalue weighted by Gasteiger charge is 2.10. The summed E-state index contributed by atoms with van der Waals surface area (Å²) < 4.78 is 0. The summed E-state index contributed by atoms with van der Waals surface area (Å²) in [4.78, 5) is 9.33. The quantitative estimate of drug-likeness (QED) is 0.710. The maximum atomic E-state index is 4.67. The molecule has 98 valence electrons. The van der Waals surface area contributed by atoms with E-state index in [1.807, 2.05) is 23.5 Å². The molecule has 18 heavy (non-hydrogen) atoms. The molecule has 1 heterocycles. The summed E-state index contributed by atoms with van der Waals surface area (Å²) in [6.07, 6.45) is 3.50. The zero-order valence-electron chi connectivity index (χ0n) is 11.1. The van der Waals surface area contributed by atoms with Gasteiger partial charge in [0.15, 0.2) is 0 Å². The van der Waals surface area contributed by atoms with Crippen molar-refractivity contribution in [3.63, 3.8) is 0 Å². The maximum Gasteiger partial charge on any atom is 0.0884 e. The lowest BCUT2D eigenvalue weighted by Gasteiger charge is -2.10. The number of aromatic nitrogens is 2. The number of nitrogens with zero attached hydrogens (tertiary/aromatic N) is 2. The van der Waals surface area contributed by atoms with Gasteiger partial charge in [0, 0.05) is 11.5 Å². The van der Waals surface area contributed by atoms with Crippen molar-refractivity contribution in [3.05, 3.63) is 35.9 Å². The minimum absolute atomic E-state index is 0.835. The zero-order chi connectivity index (χ0) is 13.4. The van der Waals surface area contributed by atoms with Crippen LogP contribution in [0.1, 0.15) is 36.6 Å². The van der Waals surface area contributed by atoms with Crippen molar-refractivity contribution < 1.29 is 0 Å². The molecular formula is C14H20N2S2. The minimum Gasteiger partial charge on any atom is -0.248 e. The van der Waals surface area contributed by atoms with Gasteiger partial charge in [-0.2, -0.15) is 23.5 Å². The molecule has 1 aromatic rings. The van der Waals surface area contributed by atoms with Crippen LogP contribution < -0.4 is 0 Å². The fourth-order valence-corrected chi connectivity index (χ4v) is 2.72. The van der Waals surface area contributed by atoms with Gasteiger partial charge < -0.3 is 0 Å². The van der Waals surface area contributed by atoms with E-state index in [2.05, 4.69) is 37.0 Å². The minimum atomic E-state index is 0.835. The van der Waals surface area contributed by atoms with E-state index in [0.717, 1.165) is 45.8 Å². The number of hydrogen-bond acceptors (Lipinski definition) is 4. The van der Waals surface area contributed by atoms with E-state index in [0.29, 0.717) is 0 Å². The van der Waals surface area contributed by atoms with Crippen LogP contribution in [0.2, 0.25) is 0 Å².